The van der Waals surface area contributed by atoms with Gasteiger partial charge in [-0.15, -0.1) is 0 Å². The fraction of sp³-hybridized carbons (Fsp3) is 0. The molecule has 11 aromatic carbocycles. The Hall–Kier alpha value is -8.93. The maximum Gasteiger partial charge on any atom is 0.238 e. The van der Waals surface area contributed by atoms with Crippen molar-refractivity contribution in [1.82, 2.24) is 24.1 Å². The Balaban J connectivity index is 1.07. The van der Waals surface area contributed by atoms with Gasteiger partial charge in [0.15, 0.2) is 11.6 Å². The molecule has 0 aliphatic carbocycles. The van der Waals surface area contributed by atoms with Crippen LogP contribution in [0.3, 0.4) is 0 Å². The average molecular weight is 840 g/mol. The van der Waals surface area contributed by atoms with Gasteiger partial charge in [0.2, 0.25) is 5.95 Å². The highest BCUT2D eigenvalue weighted by Crippen LogP contribution is 2.49. The first-order chi connectivity index (χ1) is 32.8. The van der Waals surface area contributed by atoms with Crippen molar-refractivity contribution >= 4 is 65.2 Å². The van der Waals surface area contributed by atoms with E-state index in [1.807, 2.05) is 36.4 Å². The molecular formula is C61H37N5. The Morgan fingerprint density at radius 2 is 0.561 bits per heavy atom. The first-order valence-corrected chi connectivity index (χ1v) is 22.5. The second-order valence-corrected chi connectivity index (χ2v) is 17.1. The van der Waals surface area contributed by atoms with E-state index in [9.17, 15) is 0 Å². The molecule has 0 spiro atoms. The number of para-hydroxylation sites is 1. The van der Waals surface area contributed by atoms with Gasteiger partial charge in [0.1, 0.15) is 0 Å². The van der Waals surface area contributed by atoms with Crippen molar-refractivity contribution in [3.05, 3.63) is 224 Å². The van der Waals surface area contributed by atoms with Crippen LogP contribution in [0, 0.1) is 0 Å². The van der Waals surface area contributed by atoms with E-state index in [0.29, 0.717) is 17.6 Å². The van der Waals surface area contributed by atoms with Gasteiger partial charge < -0.3 is 4.57 Å². The molecular weight excluding hydrogens is 803 g/mol. The monoisotopic (exact) mass is 839 g/mol. The van der Waals surface area contributed by atoms with Crippen LogP contribution in [-0.4, -0.2) is 24.1 Å². The third-order valence-electron chi connectivity index (χ3n) is 13.6. The van der Waals surface area contributed by atoms with Gasteiger partial charge in [0, 0.05) is 38.4 Å². The molecule has 3 aromatic heterocycles. The maximum absolute atomic E-state index is 5.27. The summed E-state index contributed by atoms with van der Waals surface area (Å²) >= 11 is 0. The van der Waals surface area contributed by atoms with Crippen LogP contribution in [0.2, 0.25) is 0 Å². The van der Waals surface area contributed by atoms with Gasteiger partial charge in [0.05, 0.1) is 22.1 Å². The number of rotatable bonds is 7. The van der Waals surface area contributed by atoms with Gasteiger partial charge in [-0.3, -0.25) is 4.57 Å². The van der Waals surface area contributed by atoms with Crippen LogP contribution < -0.4 is 0 Å². The number of hydrogen-bond acceptors (Lipinski definition) is 3. The van der Waals surface area contributed by atoms with Crippen LogP contribution in [0.5, 0.6) is 0 Å². The van der Waals surface area contributed by atoms with E-state index in [1.165, 1.54) is 87.5 Å². The molecule has 306 valence electrons. The summed E-state index contributed by atoms with van der Waals surface area (Å²) in [6, 6.07) is 80.4. The summed E-state index contributed by atoms with van der Waals surface area (Å²) in [6.07, 6.45) is 0. The molecule has 0 N–H and O–H groups in total. The molecule has 14 aromatic rings. The molecule has 0 radical (unpaired) electrons. The standard InChI is InChI=1S/C61H37N5/c1-6-16-38(17-7-1)43-30-34-51-55-47(43)26-28-49-45(32-36-52(57(49)55)65(51)42-24-14-5-15-25-42)46-33-37-54-58-50(46)29-27-48-44(39-18-8-2-9-19-39)31-35-53(56(48)58)66(54)61-63-59(40-20-10-3-11-21-40)62-60(64-61)41-22-12-4-13-23-41/h1-37H. The molecule has 5 heteroatoms. The van der Waals surface area contributed by atoms with Crippen LogP contribution >= 0.6 is 0 Å². The molecule has 0 fully saturated rings. The van der Waals surface area contributed by atoms with Crippen LogP contribution in [0.15, 0.2) is 224 Å². The van der Waals surface area contributed by atoms with Gasteiger partial charge in [-0.25, -0.2) is 4.98 Å². The van der Waals surface area contributed by atoms with Crippen molar-refractivity contribution < 1.29 is 0 Å². The molecule has 3 heterocycles. The fourth-order valence-corrected chi connectivity index (χ4v) is 10.7. The summed E-state index contributed by atoms with van der Waals surface area (Å²) in [4.78, 5) is 15.6. The second kappa shape index (κ2) is 14.3. The van der Waals surface area contributed by atoms with Gasteiger partial charge in [0.25, 0.3) is 0 Å². The van der Waals surface area contributed by atoms with Crippen molar-refractivity contribution in [3.8, 4) is 67.8 Å². The lowest BCUT2D eigenvalue weighted by molar-refractivity contribution is 0.954. The first-order valence-electron chi connectivity index (χ1n) is 22.5. The quantitative estimate of drug-likeness (QED) is 0.150. The SMILES string of the molecule is c1ccc(-c2nc(-c3ccccc3)nc(-n3c4ccc(-c5ccccc5)c5ccc6c(-c7ccc8c9c7ccc7c(-c%10ccccc%10)ccc(c79)n8-c7ccccc7)ccc3c6c54)n2)cc1. The fourth-order valence-electron chi connectivity index (χ4n) is 10.7. The van der Waals surface area contributed by atoms with Gasteiger partial charge >= 0.3 is 0 Å². The van der Waals surface area contributed by atoms with E-state index in [2.05, 4.69) is 197 Å². The summed E-state index contributed by atoms with van der Waals surface area (Å²) in [5.74, 6) is 1.84. The van der Waals surface area contributed by atoms with Gasteiger partial charge in [-0.2, -0.15) is 9.97 Å². The number of hydrogen-bond donors (Lipinski definition) is 0. The highest BCUT2D eigenvalue weighted by Gasteiger charge is 2.26. The number of aromatic nitrogens is 5. The van der Waals surface area contributed by atoms with Gasteiger partial charge in [-0.05, 0) is 91.3 Å². The minimum atomic E-state index is 0.580. The average Bonchev–Trinajstić information content (AvgIpc) is 3.93. The van der Waals surface area contributed by atoms with E-state index in [1.54, 1.807) is 0 Å². The van der Waals surface area contributed by atoms with Crippen LogP contribution in [0.1, 0.15) is 0 Å². The maximum atomic E-state index is 5.27. The molecule has 0 saturated heterocycles. The minimum absolute atomic E-state index is 0.580. The molecule has 0 saturated carbocycles. The highest BCUT2D eigenvalue weighted by atomic mass is 15.2. The lowest BCUT2D eigenvalue weighted by Crippen LogP contribution is -2.06. The lowest BCUT2D eigenvalue weighted by Gasteiger charge is -2.14. The van der Waals surface area contributed by atoms with Crippen LogP contribution in [0.25, 0.3) is 133 Å². The molecule has 0 aliphatic heterocycles. The molecule has 0 unspecified atom stereocenters. The van der Waals surface area contributed by atoms with Crippen molar-refractivity contribution in [3.63, 3.8) is 0 Å². The molecule has 0 bridgehead atoms. The van der Waals surface area contributed by atoms with Crippen molar-refractivity contribution in [1.29, 1.82) is 0 Å². The van der Waals surface area contributed by atoms with E-state index in [4.69, 9.17) is 15.0 Å². The molecule has 14 rings (SSSR count). The predicted molar refractivity (Wildman–Crippen MR) is 273 cm³/mol. The zero-order valence-corrected chi connectivity index (χ0v) is 35.6. The Labute approximate surface area is 379 Å². The Kier molecular flexibility index (Phi) is 7.91. The predicted octanol–water partition coefficient (Wildman–Crippen LogP) is 15.6. The third-order valence-corrected chi connectivity index (χ3v) is 13.6. The summed E-state index contributed by atoms with van der Waals surface area (Å²) in [6.45, 7) is 0. The Morgan fingerprint density at radius 3 is 0.955 bits per heavy atom. The van der Waals surface area contributed by atoms with Crippen molar-refractivity contribution in [2.75, 3.05) is 0 Å². The first kappa shape index (κ1) is 36.5. The smallest absolute Gasteiger partial charge is 0.238 e. The molecule has 0 aliphatic rings. The summed E-state index contributed by atoms with van der Waals surface area (Å²) < 4.78 is 4.69. The van der Waals surface area contributed by atoms with Crippen LogP contribution in [0.4, 0.5) is 0 Å². The Bertz CT molecular complexity index is 4060. The minimum Gasteiger partial charge on any atom is -0.309 e. The van der Waals surface area contributed by atoms with E-state index in [0.717, 1.165) is 27.8 Å². The highest BCUT2D eigenvalue weighted by molar-refractivity contribution is 6.32. The van der Waals surface area contributed by atoms with E-state index < -0.39 is 0 Å². The summed E-state index contributed by atoms with van der Waals surface area (Å²) in [5.41, 5.74) is 14.7. The zero-order valence-electron chi connectivity index (χ0n) is 35.6. The Morgan fingerprint density at radius 1 is 0.242 bits per heavy atom. The lowest BCUT2D eigenvalue weighted by atomic mass is 9.88. The van der Waals surface area contributed by atoms with E-state index >= 15 is 0 Å². The van der Waals surface area contributed by atoms with Crippen molar-refractivity contribution in [2.45, 2.75) is 0 Å². The topological polar surface area (TPSA) is 48.5 Å². The molecule has 0 amide bonds. The van der Waals surface area contributed by atoms with Gasteiger partial charge in [-0.1, -0.05) is 188 Å². The molecule has 66 heavy (non-hydrogen) atoms. The number of benzene rings is 11. The third kappa shape index (κ3) is 5.38. The summed E-state index contributed by atoms with van der Waals surface area (Å²) in [7, 11) is 0. The molecule has 5 nitrogen and oxygen atoms in total. The molecule has 0 atom stereocenters. The van der Waals surface area contributed by atoms with Crippen LogP contribution in [-0.2, 0) is 0 Å². The summed E-state index contributed by atoms with van der Waals surface area (Å²) in [5, 5.41) is 9.78. The zero-order chi connectivity index (χ0) is 43.3. The normalized spacial score (nSPS) is 11.9. The second-order valence-electron chi connectivity index (χ2n) is 17.1. The number of nitrogens with zero attached hydrogens (tertiary/aromatic N) is 5. The van der Waals surface area contributed by atoms with E-state index in [-0.39, 0.29) is 0 Å². The largest absolute Gasteiger partial charge is 0.309 e. The van der Waals surface area contributed by atoms with Crippen molar-refractivity contribution in [2.24, 2.45) is 0 Å².